The van der Waals surface area contributed by atoms with Gasteiger partial charge in [-0.2, -0.15) is 0 Å². The number of carbonyl (C=O) groups excluding carboxylic acids is 2. The summed E-state index contributed by atoms with van der Waals surface area (Å²) in [5, 5.41) is 5.11. The molecule has 0 bridgehead atoms. The Morgan fingerprint density at radius 1 is 1.08 bits per heavy atom. The van der Waals surface area contributed by atoms with Gasteiger partial charge in [0.1, 0.15) is 17.6 Å². The second kappa shape index (κ2) is 9.21. The van der Waals surface area contributed by atoms with E-state index in [9.17, 15) is 9.59 Å². The lowest BCUT2D eigenvalue weighted by atomic mass is 10.2. The Balaban J connectivity index is 1.98. The van der Waals surface area contributed by atoms with Gasteiger partial charge in [-0.25, -0.2) is 0 Å². The fourth-order valence-corrected chi connectivity index (χ4v) is 3.24. The van der Waals surface area contributed by atoms with Crippen LogP contribution in [0.3, 0.4) is 0 Å². The molecule has 0 spiro atoms. The standard InChI is InChI=1S/C18H22N2O5S/c1-11-5-8-16(26-11)15(25-4)10-19-17(21)18(22)20-13-9-12(23-2)6-7-14(13)24-3/h5-9,15H,10H2,1-4H3,(H,19,21)(H,20,22). The first kappa shape index (κ1) is 19.7. The van der Waals surface area contributed by atoms with Crippen LogP contribution >= 0.6 is 11.3 Å². The second-order valence-corrected chi connectivity index (χ2v) is 6.72. The number of aryl methyl sites for hydroxylation is 1. The molecule has 0 aliphatic rings. The van der Waals surface area contributed by atoms with Crippen molar-refractivity contribution in [1.82, 2.24) is 5.32 Å². The van der Waals surface area contributed by atoms with Crippen LogP contribution in [-0.2, 0) is 14.3 Å². The van der Waals surface area contributed by atoms with Crippen molar-refractivity contribution in [2.75, 3.05) is 33.2 Å². The van der Waals surface area contributed by atoms with E-state index in [1.165, 1.54) is 14.2 Å². The number of benzene rings is 1. The predicted octanol–water partition coefficient (Wildman–Crippen LogP) is 2.52. The summed E-state index contributed by atoms with van der Waals surface area (Å²) in [6, 6.07) is 8.85. The number of anilines is 1. The number of methoxy groups -OCH3 is 3. The summed E-state index contributed by atoms with van der Waals surface area (Å²) in [5.74, 6) is -0.594. The van der Waals surface area contributed by atoms with E-state index in [1.807, 2.05) is 19.1 Å². The van der Waals surface area contributed by atoms with Gasteiger partial charge in [0.05, 0.1) is 19.9 Å². The third kappa shape index (κ3) is 4.96. The summed E-state index contributed by atoms with van der Waals surface area (Å²) in [7, 11) is 4.55. The number of amides is 2. The lowest BCUT2D eigenvalue weighted by molar-refractivity contribution is -0.136. The Bertz CT molecular complexity index is 775. The highest BCUT2D eigenvalue weighted by Crippen LogP contribution is 2.29. The molecule has 0 aliphatic heterocycles. The van der Waals surface area contributed by atoms with Crippen molar-refractivity contribution in [3.63, 3.8) is 0 Å². The Morgan fingerprint density at radius 2 is 1.85 bits per heavy atom. The highest BCUT2D eigenvalue weighted by atomic mass is 32.1. The number of hydrogen-bond donors (Lipinski definition) is 2. The molecule has 0 fully saturated rings. The number of ether oxygens (including phenoxy) is 3. The molecule has 1 atom stereocenters. The van der Waals surface area contributed by atoms with Gasteiger partial charge in [-0.05, 0) is 31.2 Å². The van der Waals surface area contributed by atoms with Crippen LogP contribution in [0.4, 0.5) is 5.69 Å². The Labute approximate surface area is 156 Å². The third-order valence-electron chi connectivity index (χ3n) is 3.67. The van der Waals surface area contributed by atoms with Gasteiger partial charge in [0.15, 0.2) is 0 Å². The molecular formula is C18H22N2O5S. The zero-order valence-electron chi connectivity index (χ0n) is 15.1. The fourth-order valence-electron chi connectivity index (χ4n) is 2.28. The predicted molar refractivity (Wildman–Crippen MR) is 100.0 cm³/mol. The largest absolute Gasteiger partial charge is 0.497 e. The summed E-state index contributed by atoms with van der Waals surface area (Å²) in [6.07, 6.45) is -0.309. The molecule has 2 aromatic rings. The normalized spacial score (nSPS) is 11.5. The lowest BCUT2D eigenvalue weighted by Crippen LogP contribution is -2.37. The van der Waals surface area contributed by atoms with Crippen molar-refractivity contribution in [2.24, 2.45) is 0 Å². The van der Waals surface area contributed by atoms with Crippen LogP contribution in [0.5, 0.6) is 11.5 Å². The second-order valence-electron chi connectivity index (χ2n) is 5.40. The van der Waals surface area contributed by atoms with Gasteiger partial charge >= 0.3 is 11.8 Å². The molecule has 2 amide bonds. The Hall–Kier alpha value is -2.58. The molecule has 7 nitrogen and oxygen atoms in total. The van der Waals surface area contributed by atoms with Crippen molar-refractivity contribution in [3.8, 4) is 11.5 Å². The van der Waals surface area contributed by atoms with E-state index in [1.54, 1.807) is 36.6 Å². The molecule has 1 aromatic carbocycles. The molecule has 2 N–H and O–H groups in total. The first-order chi connectivity index (χ1) is 12.5. The van der Waals surface area contributed by atoms with Crippen LogP contribution in [-0.4, -0.2) is 39.7 Å². The molecule has 1 heterocycles. The van der Waals surface area contributed by atoms with Crippen molar-refractivity contribution in [3.05, 3.63) is 40.1 Å². The fraction of sp³-hybridized carbons (Fsp3) is 0.333. The molecule has 26 heavy (non-hydrogen) atoms. The van der Waals surface area contributed by atoms with Crippen LogP contribution < -0.4 is 20.1 Å². The maximum Gasteiger partial charge on any atom is 0.313 e. The SMILES string of the molecule is COc1ccc(OC)c(NC(=O)C(=O)NCC(OC)c2ccc(C)s2)c1. The minimum Gasteiger partial charge on any atom is -0.497 e. The van der Waals surface area contributed by atoms with Crippen LogP contribution in [0.2, 0.25) is 0 Å². The molecule has 1 aromatic heterocycles. The highest BCUT2D eigenvalue weighted by Gasteiger charge is 2.19. The maximum atomic E-state index is 12.2. The van der Waals surface area contributed by atoms with Crippen LogP contribution in [0.15, 0.2) is 30.3 Å². The third-order valence-corrected chi connectivity index (χ3v) is 4.76. The highest BCUT2D eigenvalue weighted by molar-refractivity contribution is 7.12. The molecule has 0 saturated heterocycles. The van der Waals surface area contributed by atoms with E-state index in [0.717, 1.165) is 9.75 Å². The summed E-state index contributed by atoms with van der Waals surface area (Å²) in [5.41, 5.74) is 0.351. The zero-order valence-corrected chi connectivity index (χ0v) is 15.9. The van der Waals surface area contributed by atoms with Gasteiger partial charge in [-0.3, -0.25) is 9.59 Å². The molecule has 1 unspecified atom stereocenters. The Kier molecular flexibility index (Phi) is 6.99. The minimum absolute atomic E-state index is 0.192. The quantitative estimate of drug-likeness (QED) is 0.723. The smallest absolute Gasteiger partial charge is 0.313 e. The van der Waals surface area contributed by atoms with Gasteiger partial charge in [0.2, 0.25) is 0 Å². The topological polar surface area (TPSA) is 85.9 Å². The van der Waals surface area contributed by atoms with E-state index in [2.05, 4.69) is 10.6 Å². The maximum absolute atomic E-state index is 12.2. The van der Waals surface area contributed by atoms with Crippen molar-refractivity contribution in [1.29, 1.82) is 0 Å². The average molecular weight is 378 g/mol. The molecule has 8 heteroatoms. The molecule has 0 radical (unpaired) electrons. The van der Waals surface area contributed by atoms with Gasteiger partial charge in [0.25, 0.3) is 0 Å². The molecule has 2 rings (SSSR count). The summed E-state index contributed by atoms with van der Waals surface area (Å²) in [4.78, 5) is 26.4. The van der Waals surface area contributed by atoms with E-state index in [4.69, 9.17) is 14.2 Å². The zero-order chi connectivity index (χ0) is 19.1. The monoisotopic (exact) mass is 378 g/mol. The van der Waals surface area contributed by atoms with Crippen molar-refractivity contribution >= 4 is 28.8 Å². The van der Waals surface area contributed by atoms with Crippen LogP contribution in [0.25, 0.3) is 0 Å². The van der Waals surface area contributed by atoms with Crippen LogP contribution in [0.1, 0.15) is 15.9 Å². The molecule has 140 valence electrons. The van der Waals surface area contributed by atoms with Gasteiger partial charge in [-0.15, -0.1) is 11.3 Å². The first-order valence-electron chi connectivity index (χ1n) is 7.88. The molecular weight excluding hydrogens is 356 g/mol. The van der Waals surface area contributed by atoms with E-state index in [-0.39, 0.29) is 12.6 Å². The van der Waals surface area contributed by atoms with Crippen LogP contribution in [0, 0.1) is 6.92 Å². The van der Waals surface area contributed by atoms with Gasteiger partial charge in [0, 0.05) is 29.5 Å². The summed E-state index contributed by atoms with van der Waals surface area (Å²) >= 11 is 1.58. The van der Waals surface area contributed by atoms with E-state index < -0.39 is 11.8 Å². The first-order valence-corrected chi connectivity index (χ1v) is 8.70. The lowest BCUT2D eigenvalue weighted by Gasteiger charge is -2.15. The van der Waals surface area contributed by atoms with Crippen molar-refractivity contribution < 1.29 is 23.8 Å². The Morgan fingerprint density at radius 3 is 2.42 bits per heavy atom. The van der Waals surface area contributed by atoms with Gasteiger partial charge in [-0.1, -0.05) is 0 Å². The van der Waals surface area contributed by atoms with Gasteiger partial charge < -0.3 is 24.8 Å². The average Bonchev–Trinajstić information content (AvgIpc) is 3.08. The summed E-state index contributed by atoms with van der Waals surface area (Å²) < 4.78 is 15.7. The number of carbonyl (C=O) groups is 2. The number of thiophene rings is 1. The molecule has 0 aliphatic carbocycles. The molecule has 0 saturated carbocycles. The number of rotatable bonds is 7. The number of hydrogen-bond acceptors (Lipinski definition) is 6. The minimum atomic E-state index is -0.797. The van der Waals surface area contributed by atoms with E-state index in [0.29, 0.717) is 17.2 Å². The van der Waals surface area contributed by atoms with E-state index >= 15 is 0 Å². The number of nitrogens with one attached hydrogen (secondary N) is 2. The van der Waals surface area contributed by atoms with Crippen molar-refractivity contribution in [2.45, 2.75) is 13.0 Å². The summed E-state index contributed by atoms with van der Waals surface area (Å²) in [6.45, 7) is 2.19.